The van der Waals surface area contributed by atoms with Gasteiger partial charge in [0.25, 0.3) is 0 Å². The molecule has 0 unspecified atom stereocenters. The molecule has 0 heterocycles. The summed E-state index contributed by atoms with van der Waals surface area (Å²) in [5.74, 6) is -0.245. The summed E-state index contributed by atoms with van der Waals surface area (Å²) in [5, 5.41) is 5.69. The van der Waals surface area contributed by atoms with Crippen LogP contribution in [0.3, 0.4) is 0 Å². The summed E-state index contributed by atoms with van der Waals surface area (Å²) in [6.07, 6.45) is 2.19. The average Bonchev–Trinajstić information content (AvgIpc) is 3.21. The number of para-hydroxylation sites is 1. The highest BCUT2D eigenvalue weighted by molar-refractivity contribution is 7.89. The van der Waals surface area contributed by atoms with Crippen LogP contribution in [0.2, 0.25) is 0 Å². The number of sulfonamides is 1. The highest BCUT2D eigenvalue weighted by Crippen LogP contribution is 2.21. The summed E-state index contributed by atoms with van der Waals surface area (Å²) in [5.41, 5.74) is 0.291. The smallest absolute Gasteiger partial charge is 0.242 e. The van der Waals surface area contributed by atoms with Gasteiger partial charge in [0.05, 0.1) is 12.2 Å². The Balaban J connectivity index is 2.08. The lowest BCUT2D eigenvalue weighted by Gasteiger charge is -2.11. The molecule has 6 nitrogen and oxygen atoms in total. The number of hydrogen-bond acceptors (Lipinski definition) is 4. The normalized spacial score (nSPS) is 15.2. The highest BCUT2D eigenvalue weighted by Gasteiger charge is 2.22. The van der Waals surface area contributed by atoms with Crippen molar-refractivity contribution in [2.75, 3.05) is 18.9 Å². The van der Waals surface area contributed by atoms with E-state index in [9.17, 15) is 13.2 Å². The third kappa shape index (κ3) is 3.76. The molecule has 1 aromatic rings. The van der Waals surface area contributed by atoms with Crippen LogP contribution < -0.4 is 15.4 Å². The first-order chi connectivity index (χ1) is 9.03. The molecule has 0 radical (unpaired) electrons. The van der Waals surface area contributed by atoms with Gasteiger partial charge in [0.1, 0.15) is 4.90 Å². The highest BCUT2D eigenvalue weighted by atomic mass is 32.2. The van der Waals surface area contributed by atoms with Crippen LogP contribution in [0.4, 0.5) is 5.69 Å². The minimum absolute atomic E-state index is 0.0669. The summed E-state index contributed by atoms with van der Waals surface area (Å²) in [6, 6.07) is 6.75. The number of carbonyl (C=O) groups is 1. The van der Waals surface area contributed by atoms with Crippen LogP contribution in [0.25, 0.3) is 0 Å². The molecule has 1 aliphatic rings. The van der Waals surface area contributed by atoms with Crippen molar-refractivity contribution in [2.24, 2.45) is 0 Å². The van der Waals surface area contributed by atoms with E-state index in [-0.39, 0.29) is 17.3 Å². The molecule has 0 saturated heterocycles. The van der Waals surface area contributed by atoms with E-state index >= 15 is 0 Å². The summed E-state index contributed by atoms with van der Waals surface area (Å²) in [7, 11) is -2.24. The molecular formula is C12H17N3O3S. The van der Waals surface area contributed by atoms with Crippen LogP contribution in [0.5, 0.6) is 0 Å². The van der Waals surface area contributed by atoms with E-state index in [1.807, 2.05) is 0 Å². The Morgan fingerprint density at radius 1 is 1.32 bits per heavy atom. The van der Waals surface area contributed by atoms with E-state index in [4.69, 9.17) is 0 Å². The largest absolute Gasteiger partial charge is 0.324 e. The number of carbonyl (C=O) groups excluding carboxylic acids is 1. The molecule has 1 fully saturated rings. The van der Waals surface area contributed by atoms with Crippen LogP contribution in [0, 0.1) is 0 Å². The maximum absolute atomic E-state index is 11.8. The van der Waals surface area contributed by atoms with Crippen molar-refractivity contribution in [3.63, 3.8) is 0 Å². The molecule has 7 heteroatoms. The number of nitrogens with one attached hydrogen (secondary N) is 3. The fourth-order valence-electron chi connectivity index (χ4n) is 1.63. The molecule has 0 aromatic heterocycles. The molecule has 2 rings (SSSR count). The monoisotopic (exact) mass is 283 g/mol. The molecule has 1 aliphatic carbocycles. The van der Waals surface area contributed by atoms with Crippen molar-refractivity contribution in [1.82, 2.24) is 10.0 Å². The van der Waals surface area contributed by atoms with Gasteiger partial charge in [-0.3, -0.25) is 4.79 Å². The van der Waals surface area contributed by atoms with Gasteiger partial charge in [0.15, 0.2) is 0 Å². The molecule has 104 valence electrons. The molecule has 1 aromatic carbocycles. The van der Waals surface area contributed by atoms with E-state index in [0.717, 1.165) is 12.8 Å². The van der Waals surface area contributed by atoms with Gasteiger partial charge in [-0.05, 0) is 32.0 Å². The fourth-order valence-corrected chi connectivity index (χ4v) is 2.52. The van der Waals surface area contributed by atoms with Crippen LogP contribution >= 0.6 is 0 Å². The standard InChI is InChI=1S/C12H17N3O3S/c1-13-19(17,18)11-5-3-2-4-10(11)15-12(16)8-14-9-6-7-9/h2-5,9,13-14H,6-8H2,1H3,(H,15,16). The minimum Gasteiger partial charge on any atom is -0.324 e. The third-order valence-electron chi connectivity index (χ3n) is 2.85. The molecule has 3 N–H and O–H groups in total. The van der Waals surface area contributed by atoms with Gasteiger partial charge in [-0.2, -0.15) is 0 Å². The summed E-state index contributed by atoms with van der Waals surface area (Å²) >= 11 is 0. The van der Waals surface area contributed by atoms with Gasteiger partial charge in [-0.25, -0.2) is 13.1 Å². The van der Waals surface area contributed by atoms with Crippen molar-refractivity contribution >= 4 is 21.6 Å². The maximum atomic E-state index is 11.8. The van der Waals surface area contributed by atoms with Gasteiger partial charge >= 0.3 is 0 Å². The Hall–Kier alpha value is -1.44. The number of amides is 1. The molecule has 1 saturated carbocycles. The Kier molecular flexibility index (Phi) is 4.18. The van der Waals surface area contributed by atoms with Gasteiger partial charge in [0.2, 0.25) is 15.9 Å². The zero-order valence-corrected chi connectivity index (χ0v) is 11.5. The minimum atomic E-state index is -3.58. The van der Waals surface area contributed by atoms with Gasteiger partial charge in [0, 0.05) is 6.04 Å². The van der Waals surface area contributed by atoms with Crippen molar-refractivity contribution in [2.45, 2.75) is 23.8 Å². The lowest BCUT2D eigenvalue weighted by molar-refractivity contribution is -0.115. The van der Waals surface area contributed by atoms with E-state index in [2.05, 4.69) is 15.4 Å². The van der Waals surface area contributed by atoms with Crippen molar-refractivity contribution in [3.8, 4) is 0 Å². The Bertz CT molecular complexity index is 567. The number of rotatable bonds is 6. The first-order valence-electron chi connectivity index (χ1n) is 6.09. The van der Waals surface area contributed by atoms with E-state index < -0.39 is 10.0 Å². The van der Waals surface area contributed by atoms with Crippen molar-refractivity contribution in [1.29, 1.82) is 0 Å². The third-order valence-corrected chi connectivity index (χ3v) is 4.32. The summed E-state index contributed by atoms with van der Waals surface area (Å²) in [4.78, 5) is 11.8. The van der Waals surface area contributed by atoms with E-state index in [1.165, 1.54) is 13.1 Å². The summed E-state index contributed by atoms with van der Waals surface area (Å²) in [6.45, 7) is 0.193. The first-order valence-corrected chi connectivity index (χ1v) is 7.57. The SMILES string of the molecule is CNS(=O)(=O)c1ccccc1NC(=O)CNC1CC1. The number of anilines is 1. The van der Waals surface area contributed by atoms with E-state index in [1.54, 1.807) is 18.2 Å². The topological polar surface area (TPSA) is 87.3 Å². The lowest BCUT2D eigenvalue weighted by Crippen LogP contribution is -2.30. The quantitative estimate of drug-likeness (QED) is 0.700. The molecular weight excluding hydrogens is 266 g/mol. The number of benzene rings is 1. The second-order valence-corrected chi connectivity index (χ2v) is 6.26. The molecule has 0 atom stereocenters. The second kappa shape index (κ2) is 5.68. The van der Waals surface area contributed by atoms with E-state index in [0.29, 0.717) is 11.7 Å². The lowest BCUT2D eigenvalue weighted by atomic mass is 10.3. The van der Waals surface area contributed by atoms with Crippen LogP contribution in [-0.4, -0.2) is 34.0 Å². The molecule has 1 amide bonds. The predicted octanol–water partition coefficient (Wildman–Crippen LogP) is 0.285. The maximum Gasteiger partial charge on any atom is 0.242 e. The van der Waals surface area contributed by atoms with Crippen LogP contribution in [0.1, 0.15) is 12.8 Å². The van der Waals surface area contributed by atoms with Gasteiger partial charge < -0.3 is 10.6 Å². The molecule has 0 aliphatic heterocycles. The van der Waals surface area contributed by atoms with Crippen molar-refractivity contribution in [3.05, 3.63) is 24.3 Å². The zero-order chi connectivity index (χ0) is 13.9. The molecule has 0 spiro atoms. The van der Waals surface area contributed by atoms with Gasteiger partial charge in [-0.15, -0.1) is 0 Å². The molecule has 0 bridgehead atoms. The van der Waals surface area contributed by atoms with Crippen LogP contribution in [-0.2, 0) is 14.8 Å². The first kappa shape index (κ1) is 14.0. The second-order valence-electron chi connectivity index (χ2n) is 4.41. The average molecular weight is 283 g/mol. The summed E-state index contributed by atoms with van der Waals surface area (Å²) < 4.78 is 25.8. The Labute approximate surface area is 112 Å². The Morgan fingerprint density at radius 3 is 2.63 bits per heavy atom. The fraction of sp³-hybridized carbons (Fsp3) is 0.417. The zero-order valence-electron chi connectivity index (χ0n) is 10.6. The predicted molar refractivity (Wildman–Crippen MR) is 72.3 cm³/mol. The molecule has 19 heavy (non-hydrogen) atoms. The Morgan fingerprint density at radius 2 is 2.00 bits per heavy atom. The number of hydrogen-bond donors (Lipinski definition) is 3. The van der Waals surface area contributed by atoms with Crippen molar-refractivity contribution < 1.29 is 13.2 Å². The van der Waals surface area contributed by atoms with Gasteiger partial charge in [-0.1, -0.05) is 12.1 Å². The van der Waals surface area contributed by atoms with Crippen LogP contribution in [0.15, 0.2) is 29.2 Å².